The number of benzene rings is 1. The van der Waals surface area contributed by atoms with Crippen molar-refractivity contribution in [1.82, 2.24) is 19.5 Å². The standard InChI is InChI=1S/C17H16N4OS/c1-9(2)16-20-15-13(7-4-10(3)18-15)21(16)11-5-6-12-14(8-11)23-17(22)19-12/h4-9H,1-3H3,(H,19,22). The van der Waals surface area contributed by atoms with Crippen molar-refractivity contribution in [2.75, 3.05) is 0 Å². The van der Waals surface area contributed by atoms with Gasteiger partial charge in [-0.25, -0.2) is 9.97 Å². The van der Waals surface area contributed by atoms with E-state index in [9.17, 15) is 4.79 Å². The van der Waals surface area contributed by atoms with Crippen LogP contribution >= 0.6 is 11.3 Å². The quantitative estimate of drug-likeness (QED) is 0.611. The molecular formula is C17H16N4OS. The number of hydrogen-bond acceptors (Lipinski definition) is 4. The summed E-state index contributed by atoms with van der Waals surface area (Å²) in [5, 5.41) is 0. The number of hydrogen-bond donors (Lipinski definition) is 1. The smallest absolute Gasteiger partial charge is 0.305 e. The largest absolute Gasteiger partial charge is 0.312 e. The molecule has 0 aliphatic carbocycles. The predicted molar refractivity (Wildman–Crippen MR) is 93.7 cm³/mol. The number of aryl methyl sites for hydroxylation is 1. The molecular weight excluding hydrogens is 308 g/mol. The summed E-state index contributed by atoms with van der Waals surface area (Å²) in [5.41, 5.74) is 4.58. The SMILES string of the molecule is Cc1ccc2c(n1)nc(C(C)C)n2-c1ccc2[nH]c(=O)sc2c1. The van der Waals surface area contributed by atoms with Crippen molar-refractivity contribution >= 4 is 32.7 Å². The Kier molecular flexibility index (Phi) is 3.09. The van der Waals surface area contributed by atoms with E-state index in [0.29, 0.717) is 0 Å². The van der Waals surface area contributed by atoms with Crippen LogP contribution in [-0.2, 0) is 0 Å². The van der Waals surface area contributed by atoms with Crippen molar-refractivity contribution in [3.63, 3.8) is 0 Å². The van der Waals surface area contributed by atoms with Gasteiger partial charge in [0.25, 0.3) is 0 Å². The first-order chi connectivity index (χ1) is 11.0. The molecule has 4 aromatic rings. The molecule has 116 valence electrons. The minimum atomic E-state index is -0.0333. The summed E-state index contributed by atoms with van der Waals surface area (Å²) in [5.74, 6) is 1.24. The summed E-state index contributed by atoms with van der Waals surface area (Å²) in [6.45, 7) is 6.21. The third-order valence-corrected chi connectivity index (χ3v) is 4.71. The highest BCUT2D eigenvalue weighted by atomic mass is 32.1. The van der Waals surface area contributed by atoms with Gasteiger partial charge in [-0.15, -0.1) is 0 Å². The molecule has 0 bridgehead atoms. The number of fused-ring (bicyclic) bond motifs is 2. The van der Waals surface area contributed by atoms with Gasteiger partial charge in [0.15, 0.2) is 5.65 Å². The van der Waals surface area contributed by atoms with Crippen LogP contribution in [-0.4, -0.2) is 19.5 Å². The Balaban J connectivity index is 2.04. The van der Waals surface area contributed by atoms with Crippen LogP contribution in [0.1, 0.15) is 31.3 Å². The van der Waals surface area contributed by atoms with E-state index in [2.05, 4.69) is 34.4 Å². The molecule has 6 heteroatoms. The number of H-pyrrole nitrogens is 1. The molecule has 1 aromatic carbocycles. The topological polar surface area (TPSA) is 63.6 Å². The molecule has 0 unspecified atom stereocenters. The molecule has 23 heavy (non-hydrogen) atoms. The Morgan fingerprint density at radius 2 is 2.00 bits per heavy atom. The van der Waals surface area contributed by atoms with Crippen LogP contribution in [0.5, 0.6) is 0 Å². The molecule has 5 nitrogen and oxygen atoms in total. The molecule has 0 aliphatic rings. The summed E-state index contributed by atoms with van der Waals surface area (Å²) in [7, 11) is 0. The maximum atomic E-state index is 11.5. The number of aromatic amines is 1. The minimum absolute atomic E-state index is 0.0333. The normalized spacial score (nSPS) is 11.8. The van der Waals surface area contributed by atoms with Gasteiger partial charge in [0, 0.05) is 17.3 Å². The maximum absolute atomic E-state index is 11.5. The fourth-order valence-electron chi connectivity index (χ4n) is 2.81. The number of aromatic nitrogens is 4. The van der Waals surface area contributed by atoms with Crippen LogP contribution < -0.4 is 4.87 Å². The zero-order valence-corrected chi connectivity index (χ0v) is 13.9. The van der Waals surface area contributed by atoms with Gasteiger partial charge in [-0.2, -0.15) is 0 Å². The van der Waals surface area contributed by atoms with Crippen LogP contribution in [0.2, 0.25) is 0 Å². The zero-order valence-electron chi connectivity index (χ0n) is 13.1. The lowest BCUT2D eigenvalue weighted by atomic mass is 10.2. The average molecular weight is 324 g/mol. The van der Waals surface area contributed by atoms with Gasteiger partial charge in [-0.3, -0.25) is 9.36 Å². The van der Waals surface area contributed by atoms with Gasteiger partial charge in [-0.1, -0.05) is 25.2 Å². The van der Waals surface area contributed by atoms with E-state index in [0.717, 1.165) is 38.6 Å². The van der Waals surface area contributed by atoms with E-state index >= 15 is 0 Å². The second-order valence-electron chi connectivity index (χ2n) is 5.95. The van der Waals surface area contributed by atoms with E-state index in [1.54, 1.807) is 0 Å². The van der Waals surface area contributed by atoms with Gasteiger partial charge in [0.1, 0.15) is 5.82 Å². The summed E-state index contributed by atoms with van der Waals surface area (Å²) < 4.78 is 3.08. The second-order valence-corrected chi connectivity index (χ2v) is 6.97. The van der Waals surface area contributed by atoms with Crippen LogP contribution in [0.15, 0.2) is 35.1 Å². The van der Waals surface area contributed by atoms with E-state index in [1.807, 2.05) is 31.2 Å². The molecule has 0 atom stereocenters. The number of thiazole rings is 1. The van der Waals surface area contributed by atoms with Crippen molar-refractivity contribution in [2.45, 2.75) is 26.7 Å². The van der Waals surface area contributed by atoms with Crippen molar-refractivity contribution < 1.29 is 0 Å². The van der Waals surface area contributed by atoms with E-state index in [1.165, 1.54) is 11.3 Å². The Bertz CT molecular complexity index is 1090. The second kappa shape index (κ2) is 5.03. The van der Waals surface area contributed by atoms with Crippen molar-refractivity contribution in [3.8, 4) is 5.69 Å². The molecule has 1 N–H and O–H groups in total. The Morgan fingerprint density at radius 3 is 2.78 bits per heavy atom. The first-order valence-corrected chi connectivity index (χ1v) is 8.34. The molecule has 3 heterocycles. The van der Waals surface area contributed by atoms with E-state index in [-0.39, 0.29) is 10.8 Å². The first kappa shape index (κ1) is 14.1. The van der Waals surface area contributed by atoms with E-state index < -0.39 is 0 Å². The highest BCUT2D eigenvalue weighted by Crippen LogP contribution is 2.27. The molecule has 0 aliphatic heterocycles. The highest BCUT2D eigenvalue weighted by molar-refractivity contribution is 7.16. The Morgan fingerprint density at radius 1 is 1.17 bits per heavy atom. The lowest BCUT2D eigenvalue weighted by Gasteiger charge is -2.11. The molecule has 4 rings (SSSR count). The molecule has 0 radical (unpaired) electrons. The molecule has 0 spiro atoms. The van der Waals surface area contributed by atoms with Crippen LogP contribution in [0.4, 0.5) is 0 Å². The number of pyridine rings is 1. The molecule has 0 amide bonds. The molecule has 3 aromatic heterocycles. The van der Waals surface area contributed by atoms with Crippen molar-refractivity contribution in [1.29, 1.82) is 0 Å². The summed E-state index contributed by atoms with van der Waals surface area (Å²) in [6.07, 6.45) is 0. The molecule has 0 saturated heterocycles. The lowest BCUT2D eigenvalue weighted by Crippen LogP contribution is -2.02. The minimum Gasteiger partial charge on any atom is -0.312 e. The van der Waals surface area contributed by atoms with Crippen LogP contribution in [0.25, 0.3) is 27.1 Å². The third-order valence-electron chi connectivity index (χ3n) is 3.86. The van der Waals surface area contributed by atoms with Gasteiger partial charge in [0.2, 0.25) is 0 Å². The van der Waals surface area contributed by atoms with Gasteiger partial charge < -0.3 is 4.98 Å². The molecule has 0 fully saturated rings. The number of nitrogens with zero attached hydrogens (tertiary/aromatic N) is 3. The fourth-order valence-corrected chi connectivity index (χ4v) is 3.58. The van der Waals surface area contributed by atoms with E-state index in [4.69, 9.17) is 4.98 Å². The van der Waals surface area contributed by atoms with Crippen molar-refractivity contribution in [3.05, 3.63) is 51.5 Å². The van der Waals surface area contributed by atoms with Gasteiger partial charge in [0.05, 0.1) is 15.7 Å². The van der Waals surface area contributed by atoms with Gasteiger partial charge in [-0.05, 0) is 37.3 Å². The summed E-state index contributed by atoms with van der Waals surface area (Å²) >= 11 is 1.23. The monoisotopic (exact) mass is 324 g/mol. The maximum Gasteiger partial charge on any atom is 0.305 e. The number of imidazole rings is 1. The summed E-state index contributed by atoms with van der Waals surface area (Å²) in [6, 6.07) is 10.0. The average Bonchev–Trinajstić information content (AvgIpc) is 3.05. The highest BCUT2D eigenvalue weighted by Gasteiger charge is 2.16. The number of nitrogens with one attached hydrogen (secondary N) is 1. The Hall–Kier alpha value is -2.47. The van der Waals surface area contributed by atoms with Crippen molar-refractivity contribution in [2.24, 2.45) is 0 Å². The van der Waals surface area contributed by atoms with Crippen LogP contribution in [0, 0.1) is 6.92 Å². The summed E-state index contributed by atoms with van der Waals surface area (Å²) in [4.78, 5) is 23.6. The number of rotatable bonds is 2. The Labute approximate surface area is 136 Å². The predicted octanol–water partition coefficient (Wildman–Crippen LogP) is 3.76. The van der Waals surface area contributed by atoms with Gasteiger partial charge >= 0.3 is 4.87 Å². The first-order valence-electron chi connectivity index (χ1n) is 7.52. The third kappa shape index (κ3) is 2.26. The van der Waals surface area contributed by atoms with Crippen LogP contribution in [0.3, 0.4) is 0 Å². The lowest BCUT2D eigenvalue weighted by molar-refractivity contribution is 0.759. The zero-order chi connectivity index (χ0) is 16.1. The molecule has 0 saturated carbocycles. The fraction of sp³-hybridized carbons (Fsp3) is 0.235.